The minimum Gasteiger partial charge on any atom is -0.489 e. The summed E-state index contributed by atoms with van der Waals surface area (Å²) in [5.74, 6) is 1.31. The van der Waals surface area contributed by atoms with Crippen LogP contribution in [0.4, 0.5) is 0 Å². The monoisotopic (exact) mass is 266 g/mol. The molecule has 2 atom stereocenters. The summed E-state index contributed by atoms with van der Waals surface area (Å²) in [5, 5.41) is 11.1. The topological polar surface area (TPSA) is 59.0 Å². The summed E-state index contributed by atoms with van der Waals surface area (Å²) >= 11 is 0. The molecule has 0 amide bonds. The van der Waals surface area contributed by atoms with E-state index in [0.29, 0.717) is 18.0 Å². The van der Waals surface area contributed by atoms with Gasteiger partial charge in [0.15, 0.2) is 0 Å². The maximum atomic E-state index is 9.18. The van der Waals surface area contributed by atoms with Crippen LogP contribution in [0, 0.1) is 17.2 Å². The molecule has 2 unspecified atom stereocenters. The molecule has 2 N–H and O–H groups in total. The van der Waals surface area contributed by atoms with E-state index >= 15 is 0 Å². The predicted octanol–water partition coefficient (Wildman–Crippen LogP) is 3.22. The standard InChI is InChI=1S/C17H18N2O/c18-10-12-8-9-17(15-6-2-1-5-14(12)15)20-16-7-3-4-13(16)11-19/h1-2,5-6,8-9,13,16H,3-4,7,11,19H2. The fourth-order valence-electron chi connectivity index (χ4n) is 3.06. The Morgan fingerprint density at radius 2 is 1.95 bits per heavy atom. The summed E-state index contributed by atoms with van der Waals surface area (Å²) in [4.78, 5) is 0. The van der Waals surface area contributed by atoms with Crippen LogP contribution in [0.15, 0.2) is 36.4 Å². The van der Waals surface area contributed by atoms with Crippen molar-refractivity contribution in [1.29, 1.82) is 5.26 Å². The van der Waals surface area contributed by atoms with Gasteiger partial charge in [0.1, 0.15) is 11.9 Å². The maximum Gasteiger partial charge on any atom is 0.127 e. The van der Waals surface area contributed by atoms with E-state index in [0.717, 1.165) is 29.4 Å². The lowest BCUT2D eigenvalue weighted by atomic mass is 10.0. The number of fused-ring (bicyclic) bond motifs is 1. The van der Waals surface area contributed by atoms with Crippen LogP contribution in [0.5, 0.6) is 5.75 Å². The fraction of sp³-hybridized carbons (Fsp3) is 0.353. The Bertz CT molecular complexity index is 660. The zero-order chi connectivity index (χ0) is 13.9. The Balaban J connectivity index is 1.98. The number of hydrogen-bond acceptors (Lipinski definition) is 3. The third kappa shape index (κ3) is 2.23. The molecule has 2 aromatic carbocycles. The van der Waals surface area contributed by atoms with Crippen LogP contribution in [0.2, 0.25) is 0 Å². The van der Waals surface area contributed by atoms with Gasteiger partial charge in [0.05, 0.1) is 11.6 Å². The number of nitrogens with zero attached hydrogens (tertiary/aromatic N) is 1. The van der Waals surface area contributed by atoms with Crippen molar-refractivity contribution in [3.05, 3.63) is 42.0 Å². The zero-order valence-corrected chi connectivity index (χ0v) is 11.4. The Morgan fingerprint density at radius 1 is 1.15 bits per heavy atom. The second kappa shape index (κ2) is 5.52. The fourth-order valence-corrected chi connectivity index (χ4v) is 3.06. The highest BCUT2D eigenvalue weighted by Crippen LogP contribution is 2.33. The lowest BCUT2D eigenvalue weighted by Gasteiger charge is -2.21. The van der Waals surface area contributed by atoms with Gasteiger partial charge < -0.3 is 10.5 Å². The first-order chi connectivity index (χ1) is 9.83. The third-order valence-corrected chi connectivity index (χ3v) is 4.17. The van der Waals surface area contributed by atoms with Crippen molar-refractivity contribution in [3.63, 3.8) is 0 Å². The number of nitriles is 1. The summed E-state index contributed by atoms with van der Waals surface area (Å²) in [7, 11) is 0. The molecule has 3 nitrogen and oxygen atoms in total. The van der Waals surface area contributed by atoms with Crippen LogP contribution in [-0.2, 0) is 0 Å². The second-order valence-corrected chi connectivity index (χ2v) is 5.35. The van der Waals surface area contributed by atoms with E-state index < -0.39 is 0 Å². The molecule has 1 aliphatic carbocycles. The molecule has 0 saturated heterocycles. The lowest BCUT2D eigenvalue weighted by Crippen LogP contribution is -2.27. The Morgan fingerprint density at radius 3 is 2.70 bits per heavy atom. The van der Waals surface area contributed by atoms with Gasteiger partial charge in [0.25, 0.3) is 0 Å². The van der Waals surface area contributed by atoms with Crippen molar-refractivity contribution in [2.24, 2.45) is 11.7 Å². The summed E-state index contributed by atoms with van der Waals surface area (Å²) in [5.41, 5.74) is 6.50. The van der Waals surface area contributed by atoms with E-state index in [4.69, 9.17) is 10.5 Å². The van der Waals surface area contributed by atoms with E-state index in [1.54, 1.807) is 0 Å². The van der Waals surface area contributed by atoms with Crippen molar-refractivity contribution in [1.82, 2.24) is 0 Å². The van der Waals surface area contributed by atoms with Crippen molar-refractivity contribution < 1.29 is 4.74 Å². The van der Waals surface area contributed by atoms with Gasteiger partial charge in [-0.15, -0.1) is 0 Å². The Labute approximate surface area is 119 Å². The SMILES string of the molecule is N#Cc1ccc(OC2CCCC2CN)c2ccccc12. The van der Waals surface area contributed by atoms with E-state index in [-0.39, 0.29) is 6.10 Å². The third-order valence-electron chi connectivity index (χ3n) is 4.17. The average molecular weight is 266 g/mol. The van der Waals surface area contributed by atoms with Gasteiger partial charge in [-0.2, -0.15) is 5.26 Å². The van der Waals surface area contributed by atoms with Crippen LogP contribution < -0.4 is 10.5 Å². The minimum absolute atomic E-state index is 0.205. The largest absolute Gasteiger partial charge is 0.489 e. The van der Waals surface area contributed by atoms with Crippen molar-refractivity contribution in [2.45, 2.75) is 25.4 Å². The van der Waals surface area contributed by atoms with Crippen molar-refractivity contribution >= 4 is 10.8 Å². The lowest BCUT2D eigenvalue weighted by molar-refractivity contribution is 0.164. The molecule has 0 spiro atoms. The summed E-state index contributed by atoms with van der Waals surface area (Å²) < 4.78 is 6.20. The highest BCUT2D eigenvalue weighted by atomic mass is 16.5. The molecule has 1 fully saturated rings. The normalized spacial score (nSPS) is 21.8. The molecule has 3 heteroatoms. The Kier molecular flexibility index (Phi) is 3.58. The van der Waals surface area contributed by atoms with Gasteiger partial charge in [-0.25, -0.2) is 0 Å². The number of hydrogen-bond donors (Lipinski definition) is 1. The van der Waals surface area contributed by atoms with E-state index in [2.05, 4.69) is 6.07 Å². The number of nitrogens with two attached hydrogens (primary N) is 1. The first kappa shape index (κ1) is 13.0. The molecular weight excluding hydrogens is 248 g/mol. The minimum atomic E-state index is 0.205. The molecule has 0 aliphatic heterocycles. The molecule has 3 rings (SSSR count). The van der Waals surface area contributed by atoms with E-state index in [9.17, 15) is 5.26 Å². The molecule has 1 aliphatic rings. The maximum absolute atomic E-state index is 9.18. The zero-order valence-electron chi connectivity index (χ0n) is 11.4. The van der Waals surface area contributed by atoms with Crippen LogP contribution >= 0.6 is 0 Å². The van der Waals surface area contributed by atoms with Crippen LogP contribution in [0.1, 0.15) is 24.8 Å². The Hall–Kier alpha value is -2.05. The first-order valence-corrected chi connectivity index (χ1v) is 7.12. The molecule has 2 aromatic rings. The highest BCUT2D eigenvalue weighted by Gasteiger charge is 2.28. The quantitative estimate of drug-likeness (QED) is 0.928. The average Bonchev–Trinajstić information content (AvgIpc) is 2.95. The van der Waals surface area contributed by atoms with Gasteiger partial charge in [0.2, 0.25) is 0 Å². The van der Waals surface area contributed by atoms with Gasteiger partial charge in [-0.05, 0) is 37.9 Å². The molecular formula is C17H18N2O. The smallest absolute Gasteiger partial charge is 0.127 e. The van der Waals surface area contributed by atoms with Crippen LogP contribution in [0.3, 0.4) is 0 Å². The number of rotatable bonds is 3. The van der Waals surface area contributed by atoms with Gasteiger partial charge >= 0.3 is 0 Å². The van der Waals surface area contributed by atoms with E-state index in [1.807, 2.05) is 36.4 Å². The molecule has 20 heavy (non-hydrogen) atoms. The number of benzene rings is 2. The molecule has 0 aromatic heterocycles. The van der Waals surface area contributed by atoms with E-state index in [1.165, 1.54) is 6.42 Å². The predicted molar refractivity (Wildman–Crippen MR) is 79.5 cm³/mol. The van der Waals surface area contributed by atoms with Crippen LogP contribution in [0.25, 0.3) is 10.8 Å². The highest BCUT2D eigenvalue weighted by molar-refractivity contribution is 5.92. The first-order valence-electron chi connectivity index (χ1n) is 7.12. The number of ether oxygens (including phenoxy) is 1. The summed E-state index contributed by atoms with van der Waals surface area (Å²) in [6.45, 7) is 0.679. The molecule has 0 heterocycles. The molecule has 0 radical (unpaired) electrons. The second-order valence-electron chi connectivity index (χ2n) is 5.35. The molecule has 0 bridgehead atoms. The molecule has 1 saturated carbocycles. The summed E-state index contributed by atoms with van der Waals surface area (Å²) in [6, 6.07) is 13.9. The molecule has 102 valence electrons. The summed E-state index contributed by atoms with van der Waals surface area (Å²) in [6.07, 6.45) is 3.60. The van der Waals surface area contributed by atoms with Gasteiger partial charge in [-0.3, -0.25) is 0 Å². The van der Waals surface area contributed by atoms with Crippen molar-refractivity contribution in [3.8, 4) is 11.8 Å². The van der Waals surface area contributed by atoms with Gasteiger partial charge in [-0.1, -0.05) is 24.3 Å². The van der Waals surface area contributed by atoms with Crippen molar-refractivity contribution in [2.75, 3.05) is 6.54 Å². The van der Waals surface area contributed by atoms with Crippen LogP contribution in [-0.4, -0.2) is 12.6 Å². The van der Waals surface area contributed by atoms with Gasteiger partial charge in [0, 0.05) is 16.7 Å².